The van der Waals surface area contributed by atoms with Gasteiger partial charge < -0.3 is 10.4 Å². The minimum absolute atomic E-state index is 0.0499. The van der Waals surface area contributed by atoms with E-state index in [1.165, 1.54) is 38.2 Å². The first-order chi connectivity index (χ1) is 17.4. The third kappa shape index (κ3) is 3.92. The molecule has 0 bridgehead atoms. The minimum Gasteiger partial charge on any atom is -0.481 e. The number of anilines is 1. The van der Waals surface area contributed by atoms with Crippen LogP contribution in [0, 0.1) is 19.8 Å². The largest absolute Gasteiger partial charge is 0.481 e. The average molecular weight is 481 g/mol. The number of pyridine rings is 1. The van der Waals surface area contributed by atoms with E-state index in [0.29, 0.717) is 12.2 Å². The first kappa shape index (κ1) is 22.4. The molecule has 8 heteroatoms. The normalized spacial score (nSPS) is 20.2. The number of aliphatic carboxylic acids is 1. The highest BCUT2D eigenvalue weighted by atomic mass is 16.4. The first-order valence-corrected chi connectivity index (χ1v) is 12.3. The predicted octanol–water partition coefficient (Wildman–Crippen LogP) is 4.84. The summed E-state index contributed by atoms with van der Waals surface area (Å²) in [6.07, 6.45) is 4.53. The second-order valence-corrected chi connectivity index (χ2v) is 9.96. The summed E-state index contributed by atoms with van der Waals surface area (Å²) in [6.45, 7) is 4.29. The molecule has 0 saturated heterocycles. The van der Waals surface area contributed by atoms with Crippen LogP contribution in [0.5, 0.6) is 0 Å². The Labute approximate surface area is 209 Å². The van der Waals surface area contributed by atoms with Gasteiger partial charge in [0.2, 0.25) is 5.82 Å². The van der Waals surface area contributed by atoms with E-state index in [-0.39, 0.29) is 17.9 Å². The van der Waals surface area contributed by atoms with Crippen molar-refractivity contribution >= 4 is 11.7 Å². The Morgan fingerprint density at radius 1 is 1.14 bits per heavy atom. The fraction of sp³-hybridized carbons (Fsp3) is 0.321. The Morgan fingerprint density at radius 3 is 2.58 bits per heavy atom. The van der Waals surface area contributed by atoms with E-state index in [9.17, 15) is 9.90 Å². The van der Waals surface area contributed by atoms with Gasteiger partial charge in [-0.05, 0) is 96.0 Å². The van der Waals surface area contributed by atoms with E-state index in [1.54, 1.807) is 7.05 Å². The molecule has 0 unspecified atom stereocenters. The van der Waals surface area contributed by atoms with Gasteiger partial charge in [0.15, 0.2) is 0 Å². The van der Waals surface area contributed by atoms with Crippen LogP contribution in [0.25, 0.3) is 22.5 Å². The van der Waals surface area contributed by atoms with Gasteiger partial charge >= 0.3 is 5.97 Å². The number of carboxylic acids is 1. The topological polar surface area (TPSA) is 106 Å². The predicted molar refractivity (Wildman–Crippen MR) is 137 cm³/mol. The molecule has 2 aliphatic carbocycles. The lowest BCUT2D eigenvalue weighted by atomic mass is 9.89. The number of fused-ring (bicyclic) bond motifs is 1. The number of carboxylic acid groups (broad SMARTS) is 1. The fourth-order valence-electron chi connectivity index (χ4n) is 5.66. The zero-order chi connectivity index (χ0) is 25.0. The zero-order valence-corrected chi connectivity index (χ0v) is 20.6. The number of carbonyl (C=O) groups is 1. The van der Waals surface area contributed by atoms with Gasteiger partial charge in [0.05, 0.1) is 30.9 Å². The summed E-state index contributed by atoms with van der Waals surface area (Å²) in [5.74, 6) is -0.325. The molecule has 1 saturated carbocycles. The van der Waals surface area contributed by atoms with E-state index in [4.69, 9.17) is 0 Å². The van der Waals surface area contributed by atoms with Gasteiger partial charge in [-0.2, -0.15) is 4.80 Å². The Hall–Kier alpha value is -4.07. The Balaban J connectivity index is 1.25. The molecule has 0 aliphatic heterocycles. The molecule has 2 aromatic heterocycles. The number of hydrogen-bond donors (Lipinski definition) is 2. The van der Waals surface area contributed by atoms with Crippen LogP contribution in [0.1, 0.15) is 52.7 Å². The molecule has 6 rings (SSSR count). The summed E-state index contributed by atoms with van der Waals surface area (Å²) in [4.78, 5) is 17.2. The highest BCUT2D eigenvalue weighted by molar-refractivity contribution is 5.79. The Bertz CT molecular complexity index is 1450. The van der Waals surface area contributed by atoms with E-state index < -0.39 is 5.97 Å². The molecule has 0 radical (unpaired) electrons. The third-order valence-corrected chi connectivity index (χ3v) is 7.45. The molecule has 182 valence electrons. The van der Waals surface area contributed by atoms with Gasteiger partial charge in [-0.25, -0.2) is 0 Å². The summed E-state index contributed by atoms with van der Waals surface area (Å²) < 4.78 is 0. The Morgan fingerprint density at radius 2 is 1.94 bits per heavy atom. The van der Waals surface area contributed by atoms with Crippen molar-refractivity contribution in [2.45, 2.75) is 45.1 Å². The van der Waals surface area contributed by atoms with Crippen molar-refractivity contribution < 1.29 is 9.90 Å². The monoisotopic (exact) mass is 480 g/mol. The van der Waals surface area contributed by atoms with Crippen LogP contribution >= 0.6 is 0 Å². The first-order valence-electron chi connectivity index (χ1n) is 12.3. The summed E-state index contributed by atoms with van der Waals surface area (Å²) in [6, 6.07) is 15.1. The summed E-state index contributed by atoms with van der Waals surface area (Å²) in [5, 5.41) is 25.3. The number of benzene rings is 2. The molecule has 3 atom stereocenters. The standard InChI is InChI=1S/C28H28N6O2/c1-15-11-17(27-31-33-34(3)32-27)12-16(2)26(15)21-6-4-5-20-19(21)8-10-25(20)30-18-7-9-24(29-14-18)22-13-23(22)28(35)36/h4-7,9,11-12,14,22-23,25,30H,8,10,13H2,1-3H3,(H,35,36)/t22-,23-,25+/m0/s1. The van der Waals surface area contributed by atoms with Gasteiger partial charge in [0.1, 0.15) is 0 Å². The smallest absolute Gasteiger partial charge is 0.307 e. The van der Waals surface area contributed by atoms with Crippen molar-refractivity contribution in [2.24, 2.45) is 13.0 Å². The van der Waals surface area contributed by atoms with Crippen LogP contribution in [0.15, 0.2) is 48.7 Å². The van der Waals surface area contributed by atoms with E-state index in [2.05, 4.69) is 69.9 Å². The molecule has 36 heavy (non-hydrogen) atoms. The van der Waals surface area contributed by atoms with Crippen molar-refractivity contribution in [1.82, 2.24) is 25.2 Å². The van der Waals surface area contributed by atoms with Crippen LogP contribution in [0.3, 0.4) is 0 Å². The zero-order valence-electron chi connectivity index (χ0n) is 20.6. The number of hydrogen-bond acceptors (Lipinski definition) is 6. The van der Waals surface area contributed by atoms with Crippen LogP contribution < -0.4 is 5.32 Å². The van der Waals surface area contributed by atoms with Crippen LogP contribution in [-0.2, 0) is 18.3 Å². The molecule has 0 amide bonds. The molecule has 2 heterocycles. The fourth-order valence-corrected chi connectivity index (χ4v) is 5.66. The van der Waals surface area contributed by atoms with Crippen molar-refractivity contribution in [3.05, 3.63) is 76.6 Å². The maximum atomic E-state index is 11.2. The maximum Gasteiger partial charge on any atom is 0.307 e. The summed E-state index contributed by atoms with van der Waals surface area (Å²) in [7, 11) is 1.77. The van der Waals surface area contributed by atoms with E-state index in [1.807, 2.05) is 18.3 Å². The summed E-state index contributed by atoms with van der Waals surface area (Å²) >= 11 is 0. The molecule has 0 spiro atoms. The maximum absolute atomic E-state index is 11.2. The van der Waals surface area contributed by atoms with Crippen molar-refractivity contribution in [2.75, 3.05) is 5.32 Å². The van der Waals surface area contributed by atoms with Crippen LogP contribution in [0.2, 0.25) is 0 Å². The molecule has 4 aromatic rings. The average Bonchev–Trinajstić information content (AvgIpc) is 3.39. The van der Waals surface area contributed by atoms with Gasteiger partial charge in [-0.3, -0.25) is 9.78 Å². The molecule has 2 N–H and O–H groups in total. The highest BCUT2D eigenvalue weighted by Gasteiger charge is 2.45. The van der Waals surface area contributed by atoms with E-state index >= 15 is 0 Å². The summed E-state index contributed by atoms with van der Waals surface area (Å²) in [5.41, 5.74) is 10.5. The van der Waals surface area contributed by atoms with Crippen LogP contribution in [0.4, 0.5) is 5.69 Å². The van der Waals surface area contributed by atoms with Gasteiger partial charge in [-0.1, -0.05) is 18.2 Å². The van der Waals surface area contributed by atoms with Crippen molar-refractivity contribution in [1.29, 1.82) is 0 Å². The molecular weight excluding hydrogens is 452 g/mol. The second kappa shape index (κ2) is 8.55. The third-order valence-electron chi connectivity index (χ3n) is 7.45. The van der Waals surface area contributed by atoms with E-state index in [0.717, 1.165) is 29.8 Å². The SMILES string of the molecule is Cc1cc(-c2nnn(C)n2)cc(C)c1-c1cccc2c1CC[C@H]2Nc1ccc([C@H]2C[C@@H]2C(=O)O)nc1. The van der Waals surface area contributed by atoms with Gasteiger partial charge in [0, 0.05) is 17.2 Å². The number of nitrogens with one attached hydrogen (secondary N) is 1. The number of aryl methyl sites for hydroxylation is 3. The van der Waals surface area contributed by atoms with Gasteiger partial charge in [0.25, 0.3) is 0 Å². The molecule has 2 aromatic carbocycles. The molecule has 2 aliphatic rings. The molecular formula is C28H28N6O2. The number of aromatic nitrogens is 5. The lowest BCUT2D eigenvalue weighted by Gasteiger charge is -2.18. The lowest BCUT2D eigenvalue weighted by Crippen LogP contribution is -2.08. The molecule has 8 nitrogen and oxygen atoms in total. The lowest BCUT2D eigenvalue weighted by molar-refractivity contribution is -0.138. The van der Waals surface area contributed by atoms with Crippen molar-refractivity contribution in [3.63, 3.8) is 0 Å². The number of tetrazole rings is 1. The number of rotatable bonds is 6. The quantitative estimate of drug-likeness (QED) is 0.407. The van der Waals surface area contributed by atoms with Gasteiger partial charge in [-0.15, -0.1) is 10.2 Å². The molecule has 1 fully saturated rings. The van der Waals surface area contributed by atoms with Crippen molar-refractivity contribution in [3.8, 4) is 22.5 Å². The Kier molecular flexibility index (Phi) is 5.32. The minimum atomic E-state index is -0.729. The number of nitrogens with zero attached hydrogens (tertiary/aromatic N) is 5. The van der Waals surface area contributed by atoms with Crippen LogP contribution in [-0.4, -0.2) is 36.3 Å². The second-order valence-electron chi connectivity index (χ2n) is 9.96. The highest BCUT2D eigenvalue weighted by Crippen LogP contribution is 2.47.